The molecule has 1 aromatic heterocycles. The molecule has 4 aromatic rings. The van der Waals surface area contributed by atoms with Gasteiger partial charge < -0.3 is 0 Å². The average Bonchev–Trinajstić information content (AvgIpc) is 3.41. The summed E-state index contributed by atoms with van der Waals surface area (Å²) in [4.78, 5) is 39.8. The normalized spacial score (nSPS) is 14.7. The molecule has 33 heavy (non-hydrogen) atoms. The minimum absolute atomic E-state index is 0.0845. The fourth-order valence-corrected chi connectivity index (χ4v) is 4.96. The predicted octanol–water partition coefficient (Wildman–Crippen LogP) is 3.85. The van der Waals surface area contributed by atoms with E-state index in [2.05, 4.69) is 18.2 Å². The number of imide groups is 1. The summed E-state index contributed by atoms with van der Waals surface area (Å²) in [6, 6.07) is 20.7. The van der Waals surface area contributed by atoms with E-state index in [9.17, 15) is 14.4 Å². The Morgan fingerprint density at radius 3 is 2.15 bits per heavy atom. The topological polar surface area (TPSA) is 72.3 Å². The van der Waals surface area contributed by atoms with Crippen molar-refractivity contribution in [3.8, 4) is 11.3 Å². The van der Waals surface area contributed by atoms with Gasteiger partial charge in [-0.15, -0.1) is 0 Å². The van der Waals surface area contributed by atoms with Crippen LogP contribution in [-0.4, -0.2) is 33.0 Å². The Kier molecular flexibility index (Phi) is 4.47. The zero-order chi connectivity index (χ0) is 22.5. The first-order chi connectivity index (χ1) is 16.1. The van der Waals surface area contributed by atoms with Gasteiger partial charge in [-0.05, 0) is 54.7 Å². The number of fused-ring (bicyclic) bond motifs is 3. The second-order valence-electron chi connectivity index (χ2n) is 8.57. The first-order valence-electron chi connectivity index (χ1n) is 11.2. The first-order valence-corrected chi connectivity index (χ1v) is 11.2. The highest BCUT2D eigenvalue weighted by Crippen LogP contribution is 2.30. The zero-order valence-electron chi connectivity index (χ0n) is 18.0. The van der Waals surface area contributed by atoms with Crippen LogP contribution in [0.1, 0.15) is 38.3 Å². The number of carbonyl (C=O) groups is 2. The molecule has 0 bridgehead atoms. The molecule has 162 valence electrons. The number of hydrogen-bond donors (Lipinski definition) is 0. The molecular weight excluding hydrogens is 414 g/mol. The average molecular weight is 435 g/mol. The van der Waals surface area contributed by atoms with Crippen LogP contribution < -0.4 is 5.56 Å². The summed E-state index contributed by atoms with van der Waals surface area (Å²) in [6.07, 6.45) is 3.32. The van der Waals surface area contributed by atoms with Gasteiger partial charge in [0.2, 0.25) is 0 Å². The number of aromatic nitrogens is 2. The summed E-state index contributed by atoms with van der Waals surface area (Å²) in [7, 11) is 0. The Bertz CT molecular complexity index is 1480. The number of amides is 2. The summed E-state index contributed by atoms with van der Waals surface area (Å²) >= 11 is 0. The Labute approximate surface area is 190 Å². The number of hydrogen-bond acceptors (Lipinski definition) is 4. The van der Waals surface area contributed by atoms with Crippen molar-refractivity contribution < 1.29 is 9.59 Å². The van der Waals surface area contributed by atoms with E-state index in [0.29, 0.717) is 16.5 Å². The van der Waals surface area contributed by atoms with Gasteiger partial charge in [0.15, 0.2) is 0 Å². The number of nitrogens with zero attached hydrogens (tertiary/aromatic N) is 3. The van der Waals surface area contributed by atoms with Crippen molar-refractivity contribution in [2.45, 2.75) is 25.8 Å². The van der Waals surface area contributed by atoms with E-state index in [1.807, 2.05) is 18.2 Å². The molecule has 0 N–H and O–H groups in total. The van der Waals surface area contributed by atoms with Crippen LogP contribution in [0.4, 0.5) is 0 Å². The molecular formula is C27H21N3O3. The van der Waals surface area contributed by atoms with Crippen molar-refractivity contribution in [3.63, 3.8) is 0 Å². The molecule has 1 aliphatic heterocycles. The van der Waals surface area contributed by atoms with Gasteiger partial charge in [0.05, 0.1) is 28.8 Å². The van der Waals surface area contributed by atoms with Crippen LogP contribution in [0.15, 0.2) is 71.5 Å². The first kappa shape index (κ1) is 19.6. The van der Waals surface area contributed by atoms with E-state index in [4.69, 9.17) is 5.10 Å². The quantitative estimate of drug-likeness (QED) is 0.457. The summed E-state index contributed by atoms with van der Waals surface area (Å²) in [6.45, 7) is 0.217. The monoisotopic (exact) mass is 435 g/mol. The molecule has 0 saturated carbocycles. The Balaban J connectivity index is 1.39. The fraction of sp³-hybridized carbons (Fsp3) is 0.185. The highest BCUT2D eigenvalue weighted by molar-refractivity contribution is 6.21. The molecule has 2 aliphatic rings. The number of rotatable bonds is 4. The molecule has 6 heteroatoms. The molecule has 0 unspecified atom stereocenters. The third-order valence-corrected chi connectivity index (χ3v) is 6.65. The molecule has 6 rings (SSSR count). The van der Waals surface area contributed by atoms with Gasteiger partial charge in [-0.2, -0.15) is 5.10 Å². The smallest absolute Gasteiger partial charge is 0.272 e. The van der Waals surface area contributed by atoms with Crippen LogP contribution >= 0.6 is 0 Å². The molecule has 6 nitrogen and oxygen atoms in total. The highest BCUT2D eigenvalue weighted by atomic mass is 16.2. The maximum absolute atomic E-state index is 13.2. The van der Waals surface area contributed by atoms with E-state index in [1.54, 1.807) is 30.3 Å². The van der Waals surface area contributed by atoms with Gasteiger partial charge in [0.1, 0.15) is 0 Å². The molecule has 0 fully saturated rings. The van der Waals surface area contributed by atoms with E-state index < -0.39 is 0 Å². The second-order valence-corrected chi connectivity index (χ2v) is 8.57. The van der Waals surface area contributed by atoms with Crippen LogP contribution in [0.3, 0.4) is 0 Å². The maximum atomic E-state index is 13.2. The van der Waals surface area contributed by atoms with Crippen molar-refractivity contribution in [1.29, 1.82) is 0 Å². The lowest BCUT2D eigenvalue weighted by Crippen LogP contribution is -2.36. The fourth-order valence-electron chi connectivity index (χ4n) is 4.96. The second kappa shape index (κ2) is 7.52. The summed E-state index contributed by atoms with van der Waals surface area (Å²) < 4.78 is 1.38. The number of benzene rings is 3. The van der Waals surface area contributed by atoms with E-state index in [-0.39, 0.29) is 30.5 Å². The predicted molar refractivity (Wildman–Crippen MR) is 125 cm³/mol. The van der Waals surface area contributed by atoms with Crippen molar-refractivity contribution in [2.24, 2.45) is 0 Å². The molecule has 0 radical (unpaired) electrons. The molecule has 3 aromatic carbocycles. The van der Waals surface area contributed by atoms with Crippen molar-refractivity contribution >= 4 is 22.6 Å². The van der Waals surface area contributed by atoms with Crippen LogP contribution in [0.5, 0.6) is 0 Å². The number of aryl methyl sites for hydroxylation is 2. The van der Waals surface area contributed by atoms with Gasteiger partial charge >= 0.3 is 0 Å². The van der Waals surface area contributed by atoms with Gasteiger partial charge in [-0.25, -0.2) is 4.68 Å². The van der Waals surface area contributed by atoms with Crippen LogP contribution in [0.25, 0.3) is 22.0 Å². The van der Waals surface area contributed by atoms with Crippen LogP contribution in [-0.2, 0) is 19.4 Å². The van der Waals surface area contributed by atoms with Gasteiger partial charge in [0.25, 0.3) is 17.4 Å². The molecule has 2 heterocycles. The molecule has 1 aliphatic carbocycles. The molecule has 2 amide bonds. The third-order valence-electron chi connectivity index (χ3n) is 6.65. The minimum atomic E-state index is -0.330. The largest absolute Gasteiger partial charge is 0.274 e. The third kappa shape index (κ3) is 3.09. The lowest BCUT2D eigenvalue weighted by Gasteiger charge is -2.16. The van der Waals surface area contributed by atoms with Crippen molar-refractivity contribution in [1.82, 2.24) is 14.7 Å². The Hall–Kier alpha value is -4.06. The Morgan fingerprint density at radius 1 is 0.727 bits per heavy atom. The lowest BCUT2D eigenvalue weighted by molar-refractivity contribution is 0.0647. The summed E-state index contributed by atoms with van der Waals surface area (Å²) in [5, 5.41) is 6.09. The lowest BCUT2D eigenvalue weighted by atomic mass is 10.0. The summed E-state index contributed by atoms with van der Waals surface area (Å²) in [5.41, 5.74) is 5.00. The minimum Gasteiger partial charge on any atom is -0.272 e. The molecule has 0 atom stereocenters. The Morgan fingerprint density at radius 2 is 1.39 bits per heavy atom. The zero-order valence-corrected chi connectivity index (χ0v) is 18.0. The van der Waals surface area contributed by atoms with Gasteiger partial charge in [-0.3, -0.25) is 19.3 Å². The van der Waals surface area contributed by atoms with Crippen LogP contribution in [0.2, 0.25) is 0 Å². The van der Waals surface area contributed by atoms with E-state index in [1.165, 1.54) is 20.7 Å². The van der Waals surface area contributed by atoms with Crippen molar-refractivity contribution in [3.05, 3.63) is 99.3 Å². The van der Waals surface area contributed by atoms with Gasteiger partial charge in [-0.1, -0.05) is 42.5 Å². The van der Waals surface area contributed by atoms with Crippen molar-refractivity contribution in [2.75, 3.05) is 6.54 Å². The van der Waals surface area contributed by atoms with Gasteiger partial charge in [0, 0.05) is 17.5 Å². The van der Waals surface area contributed by atoms with E-state index in [0.717, 1.165) is 35.9 Å². The van der Waals surface area contributed by atoms with E-state index >= 15 is 0 Å². The summed E-state index contributed by atoms with van der Waals surface area (Å²) in [5.74, 6) is -0.661. The maximum Gasteiger partial charge on any atom is 0.274 e. The molecule has 0 spiro atoms. The molecule has 0 saturated heterocycles. The van der Waals surface area contributed by atoms with Crippen LogP contribution in [0, 0.1) is 0 Å². The standard InChI is InChI=1S/C27H21N3O3/c31-25-22-10-3-4-11-23(22)26(32)29(25)14-15-30-27(33)21-9-2-1-8-20(21)24(28-30)19-13-12-17-6-5-7-18(17)16-19/h1-4,8-13,16H,5-7,14-15H2. The highest BCUT2D eigenvalue weighted by Gasteiger charge is 2.34. The number of carbonyl (C=O) groups excluding carboxylic acids is 2. The SMILES string of the molecule is O=C1c2ccccc2C(=O)N1CCn1nc(-c2ccc3c(c2)CCC3)c2ccccc2c1=O.